The summed E-state index contributed by atoms with van der Waals surface area (Å²) >= 11 is 1.37. The largest absolute Gasteiger partial charge is 0.337 e. The van der Waals surface area contributed by atoms with E-state index < -0.39 is 0 Å². The molecule has 0 N–H and O–H groups in total. The van der Waals surface area contributed by atoms with E-state index in [-0.39, 0.29) is 28.8 Å². The highest BCUT2D eigenvalue weighted by Gasteiger charge is 2.28. The number of benzene rings is 2. The fourth-order valence-corrected chi connectivity index (χ4v) is 5.39. The Morgan fingerprint density at radius 3 is 2.29 bits per heavy atom. The Labute approximate surface area is 203 Å². The summed E-state index contributed by atoms with van der Waals surface area (Å²) in [7, 11) is 0. The molecule has 0 spiro atoms. The van der Waals surface area contributed by atoms with Crippen molar-refractivity contribution >= 4 is 34.3 Å². The average molecular weight is 478 g/mol. The lowest BCUT2D eigenvalue weighted by atomic mass is 10.1. The van der Waals surface area contributed by atoms with E-state index in [1.807, 2.05) is 100 Å². The molecule has 0 aliphatic carbocycles. The Hall–Kier alpha value is -3.13. The minimum Gasteiger partial charge on any atom is -0.337 e. The molecule has 1 amide bonds. The van der Waals surface area contributed by atoms with Gasteiger partial charge in [-0.1, -0.05) is 36.0 Å². The fourth-order valence-electron chi connectivity index (χ4n) is 4.47. The molecule has 4 rings (SSSR count). The summed E-state index contributed by atoms with van der Waals surface area (Å²) in [6, 6.07) is 13.6. The topological polar surface area (TPSA) is 72.5 Å². The van der Waals surface area contributed by atoms with Gasteiger partial charge in [0.05, 0.1) is 21.8 Å². The maximum absolute atomic E-state index is 13.6. The van der Waals surface area contributed by atoms with Gasteiger partial charge in [-0.05, 0) is 77.8 Å². The van der Waals surface area contributed by atoms with Gasteiger partial charge in [0.15, 0.2) is 5.16 Å². The van der Waals surface area contributed by atoms with E-state index >= 15 is 0 Å². The number of hydrogen-bond donors (Lipinski definition) is 0. The Kier molecular flexibility index (Phi) is 6.53. The molecule has 8 heteroatoms. The average Bonchev–Trinajstić information content (AvgIpc) is 3.19. The van der Waals surface area contributed by atoms with Crippen LogP contribution in [0.4, 0.5) is 0 Å². The van der Waals surface area contributed by atoms with Crippen LogP contribution in [0.3, 0.4) is 0 Å². The number of hydrogen-bond acceptors (Lipinski definition) is 5. The Morgan fingerprint density at radius 2 is 1.62 bits per heavy atom. The molecule has 7 nitrogen and oxygen atoms in total. The molecule has 0 bridgehead atoms. The number of carbonyl (C=O) groups excluding carboxylic acids is 1. The number of aryl methyl sites for hydroxylation is 1. The molecule has 34 heavy (non-hydrogen) atoms. The molecule has 0 saturated carbocycles. The fraction of sp³-hybridized carbons (Fsp3) is 0.385. The number of carbonyl (C=O) groups is 1. The zero-order valence-corrected chi connectivity index (χ0v) is 21.6. The quantitative estimate of drug-likeness (QED) is 0.374. The molecule has 1 unspecified atom stereocenters. The lowest BCUT2D eigenvalue weighted by Crippen LogP contribution is -2.45. The first-order chi connectivity index (χ1) is 16.1. The van der Waals surface area contributed by atoms with Crippen molar-refractivity contribution in [1.29, 1.82) is 0 Å². The molecule has 4 aromatic rings. The summed E-state index contributed by atoms with van der Waals surface area (Å²) < 4.78 is 3.52. The molecule has 2 aromatic heterocycles. The van der Waals surface area contributed by atoms with Gasteiger partial charge in [-0.15, -0.1) is 10.2 Å². The second kappa shape index (κ2) is 9.25. The third-order valence-corrected chi connectivity index (χ3v) is 7.24. The maximum atomic E-state index is 13.6. The molecule has 2 aromatic carbocycles. The number of nitrogens with zero attached hydrogens (tertiary/aromatic N) is 5. The maximum Gasteiger partial charge on any atom is 0.267 e. The Morgan fingerprint density at radius 1 is 0.941 bits per heavy atom. The van der Waals surface area contributed by atoms with Crippen LogP contribution in [0.1, 0.15) is 45.7 Å². The molecular weight excluding hydrogens is 446 g/mol. The van der Waals surface area contributed by atoms with E-state index in [0.29, 0.717) is 16.3 Å². The van der Waals surface area contributed by atoms with Crippen LogP contribution in [0.5, 0.6) is 0 Å². The molecule has 1 atom stereocenters. The third-order valence-electron chi connectivity index (χ3n) is 6.21. The van der Waals surface area contributed by atoms with Crippen LogP contribution < -0.4 is 5.56 Å². The van der Waals surface area contributed by atoms with E-state index in [4.69, 9.17) is 0 Å². The molecule has 0 fully saturated rings. The molecule has 0 aliphatic heterocycles. The summed E-state index contributed by atoms with van der Waals surface area (Å²) in [6.07, 6.45) is 0. The molecule has 0 radical (unpaired) electrons. The van der Waals surface area contributed by atoms with Crippen LogP contribution in [0.25, 0.3) is 22.4 Å². The van der Waals surface area contributed by atoms with Gasteiger partial charge in [-0.3, -0.25) is 14.0 Å². The molecule has 178 valence electrons. The highest BCUT2D eigenvalue weighted by Crippen LogP contribution is 2.28. The van der Waals surface area contributed by atoms with Crippen LogP contribution in [-0.4, -0.2) is 47.3 Å². The number of aromatic nitrogens is 4. The SMILES string of the molecule is Cc1cccc(-n2c(=O)c3ccccc3n3c(SC(C)C(=O)N(C(C)C)C(C)C)nnc23)c1C. The van der Waals surface area contributed by atoms with Crippen molar-refractivity contribution in [2.24, 2.45) is 0 Å². The van der Waals surface area contributed by atoms with Gasteiger partial charge in [0.2, 0.25) is 11.7 Å². The predicted molar refractivity (Wildman–Crippen MR) is 138 cm³/mol. The zero-order chi connectivity index (χ0) is 24.7. The van der Waals surface area contributed by atoms with Crippen LogP contribution >= 0.6 is 11.8 Å². The predicted octanol–water partition coefficient (Wildman–Crippen LogP) is 4.78. The number of amides is 1. The van der Waals surface area contributed by atoms with Gasteiger partial charge in [0, 0.05) is 12.1 Å². The number of thioether (sulfide) groups is 1. The van der Waals surface area contributed by atoms with Crippen molar-refractivity contribution in [3.8, 4) is 5.69 Å². The standard InChI is InChI=1S/C26H31N5O2S/c1-15(2)29(16(3)4)23(32)19(7)34-26-28-27-25-30(21-14-10-11-17(5)18(21)6)24(33)20-12-8-9-13-22(20)31(25)26/h8-16,19H,1-7H3. The van der Waals surface area contributed by atoms with Crippen molar-refractivity contribution < 1.29 is 4.79 Å². The van der Waals surface area contributed by atoms with E-state index in [9.17, 15) is 9.59 Å². The van der Waals surface area contributed by atoms with Gasteiger partial charge in [0.1, 0.15) is 0 Å². The number of para-hydroxylation sites is 1. The first-order valence-corrected chi connectivity index (χ1v) is 12.5. The van der Waals surface area contributed by atoms with Gasteiger partial charge >= 0.3 is 0 Å². The van der Waals surface area contributed by atoms with Crippen molar-refractivity contribution in [2.45, 2.75) is 71.0 Å². The minimum absolute atomic E-state index is 0.0545. The summed E-state index contributed by atoms with van der Waals surface area (Å²) in [6.45, 7) is 14.0. The highest BCUT2D eigenvalue weighted by molar-refractivity contribution is 8.00. The smallest absolute Gasteiger partial charge is 0.267 e. The van der Waals surface area contributed by atoms with E-state index in [1.165, 1.54) is 11.8 Å². The van der Waals surface area contributed by atoms with Crippen molar-refractivity contribution in [1.82, 2.24) is 24.1 Å². The molecular formula is C26H31N5O2S. The zero-order valence-electron chi connectivity index (χ0n) is 20.7. The second-order valence-corrected chi connectivity index (χ2v) is 10.5. The molecule has 0 aliphatic rings. The lowest BCUT2D eigenvalue weighted by molar-refractivity contribution is -0.133. The Balaban J connectivity index is 1.92. The Bertz CT molecular complexity index is 1430. The second-order valence-electron chi connectivity index (χ2n) is 9.19. The number of fused-ring (bicyclic) bond motifs is 3. The van der Waals surface area contributed by atoms with Crippen molar-refractivity contribution in [3.63, 3.8) is 0 Å². The van der Waals surface area contributed by atoms with E-state index in [1.54, 1.807) is 4.57 Å². The van der Waals surface area contributed by atoms with E-state index in [2.05, 4.69) is 10.2 Å². The van der Waals surface area contributed by atoms with Crippen LogP contribution in [-0.2, 0) is 4.79 Å². The third kappa shape index (κ3) is 4.00. The van der Waals surface area contributed by atoms with Crippen LogP contribution in [0.2, 0.25) is 0 Å². The first-order valence-electron chi connectivity index (χ1n) is 11.6. The van der Waals surface area contributed by atoms with Gasteiger partial charge in [0.25, 0.3) is 5.56 Å². The van der Waals surface area contributed by atoms with Crippen LogP contribution in [0.15, 0.2) is 52.4 Å². The summed E-state index contributed by atoms with van der Waals surface area (Å²) in [4.78, 5) is 28.8. The summed E-state index contributed by atoms with van der Waals surface area (Å²) in [5.41, 5.74) is 3.45. The van der Waals surface area contributed by atoms with Crippen LogP contribution in [0, 0.1) is 13.8 Å². The number of rotatable bonds is 6. The highest BCUT2D eigenvalue weighted by atomic mass is 32.2. The van der Waals surface area contributed by atoms with Gasteiger partial charge < -0.3 is 4.90 Å². The van der Waals surface area contributed by atoms with E-state index in [0.717, 1.165) is 22.3 Å². The monoisotopic (exact) mass is 477 g/mol. The molecule has 0 saturated heterocycles. The van der Waals surface area contributed by atoms with Gasteiger partial charge in [-0.25, -0.2) is 4.57 Å². The summed E-state index contributed by atoms with van der Waals surface area (Å²) in [5, 5.41) is 9.67. The summed E-state index contributed by atoms with van der Waals surface area (Å²) in [5.74, 6) is 0.489. The normalized spacial score (nSPS) is 12.7. The van der Waals surface area contributed by atoms with Gasteiger partial charge in [-0.2, -0.15) is 0 Å². The van der Waals surface area contributed by atoms with Crippen molar-refractivity contribution in [2.75, 3.05) is 0 Å². The first kappa shape index (κ1) is 24.0. The molecule has 2 heterocycles. The minimum atomic E-state index is -0.364. The van der Waals surface area contributed by atoms with Crippen molar-refractivity contribution in [3.05, 3.63) is 63.9 Å². The lowest BCUT2D eigenvalue weighted by Gasteiger charge is -2.32.